The van der Waals surface area contributed by atoms with Crippen LogP contribution in [0.2, 0.25) is 0 Å². The maximum absolute atomic E-state index is 9.00. The van der Waals surface area contributed by atoms with Crippen molar-refractivity contribution in [2.75, 3.05) is 26.4 Å². The number of hydrogen-bond donors (Lipinski definition) is 3. The van der Waals surface area contributed by atoms with Gasteiger partial charge in [-0.3, -0.25) is 4.79 Å². The highest BCUT2D eigenvalue weighted by atomic mass is 16.5. The maximum Gasteiger partial charge on any atom is 0.300 e. The Morgan fingerprint density at radius 3 is 1.62 bits per heavy atom. The molecule has 5 heteroatoms. The van der Waals surface area contributed by atoms with Gasteiger partial charge in [0, 0.05) is 20.1 Å². The fourth-order valence-corrected chi connectivity index (χ4v) is 0.305. The van der Waals surface area contributed by atoms with Crippen LogP contribution in [0.3, 0.4) is 0 Å². The maximum atomic E-state index is 9.00. The number of carboxylic acids is 1. The van der Waals surface area contributed by atoms with Gasteiger partial charge in [-0.25, -0.2) is 0 Å². The number of aliphatic hydroxyl groups excluding tert-OH is 2. The van der Waals surface area contributed by atoms with Crippen LogP contribution in [0.4, 0.5) is 0 Å². The normalized spacial score (nSPS) is 7.69. The lowest BCUT2D eigenvalue weighted by Gasteiger charge is -1.89. The van der Waals surface area contributed by atoms with Gasteiger partial charge in [0.2, 0.25) is 0 Å². The van der Waals surface area contributed by atoms with Crippen molar-refractivity contribution in [3.8, 4) is 0 Å². The lowest BCUT2D eigenvalue weighted by Crippen LogP contribution is -1.87. The van der Waals surface area contributed by atoms with Crippen LogP contribution in [0.25, 0.3) is 0 Å². The van der Waals surface area contributed by atoms with Gasteiger partial charge in [0.15, 0.2) is 0 Å². The number of carboxylic acid groups (broad SMARTS) is 1. The smallest absolute Gasteiger partial charge is 0.300 e. The lowest BCUT2D eigenvalue weighted by atomic mass is 10.5. The second-order valence-corrected chi connectivity index (χ2v) is 2.43. The lowest BCUT2D eigenvalue weighted by molar-refractivity contribution is -0.134. The summed E-state index contributed by atoms with van der Waals surface area (Å²) in [7, 11) is 0. The van der Waals surface area contributed by atoms with Crippen molar-refractivity contribution in [2.45, 2.75) is 13.3 Å². The Labute approximate surface area is 96.7 Å². The second kappa shape index (κ2) is 23.6. The molecule has 0 radical (unpaired) electrons. The first kappa shape index (κ1) is 20.3. The van der Waals surface area contributed by atoms with Gasteiger partial charge < -0.3 is 20.1 Å². The molecule has 0 unspecified atom stereocenters. The summed E-state index contributed by atoms with van der Waals surface area (Å²) in [6, 6.07) is 0. The molecule has 0 atom stereocenters. The minimum Gasteiger partial charge on any atom is -0.481 e. The van der Waals surface area contributed by atoms with Gasteiger partial charge in [-0.2, -0.15) is 0 Å². The van der Waals surface area contributed by atoms with Crippen LogP contribution in [0.1, 0.15) is 13.3 Å². The van der Waals surface area contributed by atoms with E-state index in [1.807, 2.05) is 0 Å². The van der Waals surface area contributed by atoms with Crippen molar-refractivity contribution in [1.82, 2.24) is 0 Å². The SMILES string of the molecule is C=CCOCC=C.CC(=O)O.OCCCO. The number of aliphatic hydroxyl groups is 2. The highest BCUT2D eigenvalue weighted by Gasteiger charge is 1.71. The molecule has 3 N–H and O–H groups in total. The van der Waals surface area contributed by atoms with Crippen LogP contribution in [0.5, 0.6) is 0 Å². The summed E-state index contributed by atoms with van der Waals surface area (Å²) in [5.41, 5.74) is 0. The van der Waals surface area contributed by atoms with Crippen LogP contribution in [-0.4, -0.2) is 47.7 Å². The van der Waals surface area contributed by atoms with Gasteiger partial charge in [-0.15, -0.1) is 13.2 Å². The number of hydrogen-bond acceptors (Lipinski definition) is 4. The largest absolute Gasteiger partial charge is 0.481 e. The van der Waals surface area contributed by atoms with Gasteiger partial charge in [-0.05, 0) is 6.42 Å². The molecule has 0 fully saturated rings. The van der Waals surface area contributed by atoms with Crippen LogP contribution < -0.4 is 0 Å². The zero-order chi connectivity index (χ0) is 13.2. The highest BCUT2D eigenvalue weighted by Crippen LogP contribution is 1.72. The van der Waals surface area contributed by atoms with Crippen molar-refractivity contribution < 1.29 is 24.9 Å². The third kappa shape index (κ3) is 77.0. The van der Waals surface area contributed by atoms with Crippen LogP contribution in [-0.2, 0) is 9.53 Å². The van der Waals surface area contributed by atoms with E-state index in [4.69, 9.17) is 24.9 Å². The van der Waals surface area contributed by atoms with Gasteiger partial charge in [-0.1, -0.05) is 12.2 Å². The predicted octanol–water partition coefficient (Wildman–Crippen LogP) is 0.827. The topological polar surface area (TPSA) is 87.0 Å². The van der Waals surface area contributed by atoms with E-state index in [1.165, 1.54) is 0 Å². The first-order valence-corrected chi connectivity index (χ1v) is 4.77. The van der Waals surface area contributed by atoms with Gasteiger partial charge in [0.1, 0.15) is 0 Å². The van der Waals surface area contributed by atoms with Gasteiger partial charge in [0.05, 0.1) is 13.2 Å². The molecular weight excluding hydrogens is 212 g/mol. The number of carbonyl (C=O) groups is 1. The van der Waals surface area contributed by atoms with E-state index in [2.05, 4.69) is 13.2 Å². The molecule has 0 aromatic heterocycles. The Bertz CT molecular complexity index is 142. The molecule has 0 spiro atoms. The minimum atomic E-state index is -0.833. The third-order valence-corrected chi connectivity index (χ3v) is 0.788. The molecule has 96 valence electrons. The van der Waals surface area contributed by atoms with E-state index in [0.29, 0.717) is 19.6 Å². The summed E-state index contributed by atoms with van der Waals surface area (Å²) in [6.07, 6.45) is 3.92. The number of rotatable bonds is 6. The zero-order valence-electron chi connectivity index (χ0n) is 9.76. The van der Waals surface area contributed by atoms with Gasteiger partial charge >= 0.3 is 0 Å². The van der Waals surface area contributed by atoms with Crippen LogP contribution in [0.15, 0.2) is 25.3 Å². The fourth-order valence-electron chi connectivity index (χ4n) is 0.305. The van der Waals surface area contributed by atoms with E-state index in [-0.39, 0.29) is 13.2 Å². The highest BCUT2D eigenvalue weighted by molar-refractivity contribution is 5.62. The molecule has 0 aliphatic carbocycles. The van der Waals surface area contributed by atoms with E-state index >= 15 is 0 Å². The molecule has 16 heavy (non-hydrogen) atoms. The van der Waals surface area contributed by atoms with Crippen molar-refractivity contribution in [1.29, 1.82) is 0 Å². The molecular formula is C11H22O5. The zero-order valence-corrected chi connectivity index (χ0v) is 9.76. The Hall–Kier alpha value is -1.17. The van der Waals surface area contributed by atoms with E-state index in [9.17, 15) is 0 Å². The monoisotopic (exact) mass is 234 g/mol. The quantitative estimate of drug-likeness (QED) is 0.468. The Morgan fingerprint density at radius 2 is 1.50 bits per heavy atom. The standard InChI is InChI=1S/C6H10O.C3H8O2.C2H4O2/c1-3-5-7-6-4-2;4-2-1-3-5;1-2(3)4/h3-4H,1-2,5-6H2;4-5H,1-3H2;1H3,(H,3,4). The summed E-state index contributed by atoms with van der Waals surface area (Å²) >= 11 is 0. The molecule has 0 aromatic rings. The van der Waals surface area contributed by atoms with Crippen molar-refractivity contribution in [3.63, 3.8) is 0 Å². The van der Waals surface area contributed by atoms with Crippen molar-refractivity contribution in [3.05, 3.63) is 25.3 Å². The molecule has 5 nitrogen and oxygen atoms in total. The van der Waals surface area contributed by atoms with Crippen molar-refractivity contribution >= 4 is 5.97 Å². The third-order valence-electron chi connectivity index (χ3n) is 0.788. The Kier molecular flexibility index (Phi) is 29.8. The molecule has 0 amide bonds. The summed E-state index contributed by atoms with van der Waals surface area (Å²) in [6.45, 7) is 9.45. The average molecular weight is 234 g/mol. The molecule has 0 saturated carbocycles. The molecule has 0 rings (SSSR count). The second-order valence-electron chi connectivity index (χ2n) is 2.43. The summed E-state index contributed by atoms with van der Waals surface area (Å²) < 4.78 is 4.90. The first-order chi connectivity index (χ1) is 7.56. The van der Waals surface area contributed by atoms with Crippen molar-refractivity contribution in [2.24, 2.45) is 0 Å². The minimum absolute atomic E-state index is 0.0938. The molecule has 0 saturated heterocycles. The average Bonchev–Trinajstić information content (AvgIpc) is 2.20. The molecule has 0 aliphatic heterocycles. The van der Waals surface area contributed by atoms with E-state index in [0.717, 1.165) is 6.92 Å². The fraction of sp³-hybridized carbons (Fsp3) is 0.545. The Balaban J connectivity index is -0.000000166. The Morgan fingerprint density at radius 1 is 1.19 bits per heavy atom. The molecule has 0 aromatic carbocycles. The first-order valence-electron chi connectivity index (χ1n) is 4.77. The van der Waals surface area contributed by atoms with E-state index in [1.54, 1.807) is 12.2 Å². The van der Waals surface area contributed by atoms with E-state index < -0.39 is 5.97 Å². The molecule has 0 heterocycles. The summed E-state index contributed by atoms with van der Waals surface area (Å²) in [5, 5.41) is 23.2. The number of aliphatic carboxylic acids is 1. The number of ether oxygens (including phenoxy) is 1. The summed E-state index contributed by atoms with van der Waals surface area (Å²) in [5.74, 6) is -0.833. The van der Waals surface area contributed by atoms with Crippen LogP contribution >= 0.6 is 0 Å². The molecule has 0 bridgehead atoms. The van der Waals surface area contributed by atoms with Crippen LogP contribution in [0, 0.1) is 0 Å². The molecule has 0 aliphatic rings. The van der Waals surface area contributed by atoms with Gasteiger partial charge in [0.25, 0.3) is 5.97 Å². The predicted molar refractivity (Wildman–Crippen MR) is 63.3 cm³/mol. The summed E-state index contributed by atoms with van der Waals surface area (Å²) in [4.78, 5) is 9.00.